The molecule has 0 heterocycles. The van der Waals surface area contributed by atoms with Crippen LogP contribution in [0.3, 0.4) is 0 Å². The number of benzene rings is 3. The summed E-state index contributed by atoms with van der Waals surface area (Å²) in [4.78, 5) is 27.7. The van der Waals surface area contributed by atoms with Crippen LogP contribution in [0.25, 0.3) is 12.2 Å². The Morgan fingerprint density at radius 1 is 0.638 bits per heavy atom. The number of ether oxygens (including phenoxy) is 2. The molecule has 3 aromatic rings. The van der Waals surface area contributed by atoms with Gasteiger partial charge in [0.1, 0.15) is 11.2 Å². The molecule has 248 valence electrons. The molecule has 47 heavy (non-hydrogen) atoms. The average molecular weight is 634 g/mol. The summed E-state index contributed by atoms with van der Waals surface area (Å²) >= 11 is 0. The molecule has 0 fully saturated rings. The van der Waals surface area contributed by atoms with Gasteiger partial charge in [-0.05, 0) is 93.3 Å². The highest BCUT2D eigenvalue weighted by Crippen LogP contribution is 2.39. The minimum Gasteiger partial charge on any atom is -0.457 e. The maximum atomic E-state index is 13.8. The number of nitrogens with zero attached hydrogens (tertiary/aromatic N) is 1. The van der Waals surface area contributed by atoms with E-state index in [-0.39, 0.29) is 12.8 Å². The van der Waals surface area contributed by atoms with Gasteiger partial charge in [0.2, 0.25) is 0 Å². The topological polar surface area (TPSA) is 76.4 Å². The summed E-state index contributed by atoms with van der Waals surface area (Å²) < 4.78 is 11.8. The minimum atomic E-state index is -1.30. The van der Waals surface area contributed by atoms with Crippen molar-refractivity contribution < 1.29 is 19.1 Å². The molecular formula is C42H51NO4. The van der Waals surface area contributed by atoms with Crippen LogP contribution >= 0.6 is 0 Å². The summed E-state index contributed by atoms with van der Waals surface area (Å²) in [5, 5.41) is 11.1. The van der Waals surface area contributed by atoms with Crippen molar-refractivity contribution >= 4 is 24.1 Å². The highest BCUT2D eigenvalue weighted by molar-refractivity contribution is 5.96. The van der Waals surface area contributed by atoms with Crippen LogP contribution in [0.1, 0.15) is 122 Å². The van der Waals surface area contributed by atoms with Gasteiger partial charge in [0, 0.05) is 24.0 Å². The minimum absolute atomic E-state index is 0.0147. The molecule has 0 aromatic heterocycles. The Morgan fingerprint density at radius 2 is 1.00 bits per heavy atom. The van der Waals surface area contributed by atoms with Crippen molar-refractivity contribution in [2.45, 2.75) is 111 Å². The predicted octanol–water partition coefficient (Wildman–Crippen LogP) is 10.3. The fourth-order valence-corrected chi connectivity index (χ4v) is 5.23. The fourth-order valence-electron chi connectivity index (χ4n) is 5.23. The number of carbonyl (C=O) groups excluding carboxylic acids is 2. The summed E-state index contributed by atoms with van der Waals surface area (Å²) in [6.07, 6.45) is 3.63. The van der Waals surface area contributed by atoms with Gasteiger partial charge in [0.05, 0.1) is 11.5 Å². The van der Waals surface area contributed by atoms with Crippen molar-refractivity contribution in [1.82, 2.24) is 0 Å². The van der Waals surface area contributed by atoms with Crippen molar-refractivity contribution in [2.75, 3.05) is 0 Å². The van der Waals surface area contributed by atoms with Crippen LogP contribution in [0.15, 0.2) is 90.0 Å². The Bertz CT molecular complexity index is 1510. The first-order chi connectivity index (χ1) is 21.9. The van der Waals surface area contributed by atoms with E-state index in [0.717, 1.165) is 11.1 Å². The number of esters is 2. The first-order valence-corrected chi connectivity index (χ1v) is 16.5. The quantitative estimate of drug-likeness (QED) is 0.155. The van der Waals surface area contributed by atoms with Gasteiger partial charge in [0.15, 0.2) is 0 Å². The molecule has 5 heteroatoms. The van der Waals surface area contributed by atoms with E-state index >= 15 is 0 Å². The molecule has 0 amide bonds. The van der Waals surface area contributed by atoms with Gasteiger partial charge in [0.25, 0.3) is 0 Å². The lowest BCUT2D eigenvalue weighted by Crippen LogP contribution is -2.32. The molecule has 0 aliphatic rings. The van der Waals surface area contributed by atoms with E-state index in [1.165, 1.54) is 11.1 Å². The molecule has 0 saturated heterocycles. The van der Waals surface area contributed by atoms with Crippen LogP contribution in [0, 0.1) is 11.3 Å². The maximum absolute atomic E-state index is 13.8. The van der Waals surface area contributed by atoms with Gasteiger partial charge >= 0.3 is 11.9 Å². The summed E-state index contributed by atoms with van der Waals surface area (Å²) in [6, 6.07) is 28.0. The third-order valence-electron chi connectivity index (χ3n) is 7.74. The summed E-state index contributed by atoms with van der Waals surface area (Å²) in [6.45, 7) is 19.5. The largest absolute Gasteiger partial charge is 0.457 e. The third kappa shape index (κ3) is 11.1. The Hall–Kier alpha value is -4.43. The zero-order valence-electron chi connectivity index (χ0n) is 29.8. The second kappa shape index (κ2) is 15.4. The number of hydrogen-bond donors (Lipinski definition) is 0. The zero-order valence-corrected chi connectivity index (χ0v) is 29.8. The van der Waals surface area contributed by atoms with Crippen LogP contribution in [0.4, 0.5) is 0 Å². The Balaban J connectivity index is 2.22. The van der Waals surface area contributed by atoms with Gasteiger partial charge in [-0.15, -0.1) is 0 Å². The molecule has 5 nitrogen and oxygen atoms in total. The fraction of sp³-hybridized carbons (Fsp3) is 0.405. The molecule has 0 aliphatic heterocycles. The molecule has 0 unspecified atom stereocenters. The van der Waals surface area contributed by atoms with Crippen molar-refractivity contribution in [3.8, 4) is 6.07 Å². The second-order valence-corrected chi connectivity index (χ2v) is 14.9. The summed E-state index contributed by atoms with van der Waals surface area (Å²) in [5.41, 5.74) is 2.59. The van der Waals surface area contributed by atoms with E-state index in [1.54, 1.807) is 12.2 Å². The average Bonchev–Trinajstić information content (AvgIpc) is 2.99. The molecule has 0 bridgehead atoms. The maximum Gasteiger partial charge on any atom is 0.334 e. The lowest BCUT2D eigenvalue weighted by atomic mass is 9.71. The molecule has 3 aromatic carbocycles. The van der Waals surface area contributed by atoms with Gasteiger partial charge in [-0.3, -0.25) is 0 Å². The molecule has 0 radical (unpaired) electrons. The Kier molecular flexibility index (Phi) is 12.2. The highest BCUT2D eigenvalue weighted by Gasteiger charge is 2.39. The normalized spacial score (nSPS) is 13.0. The molecule has 0 aliphatic carbocycles. The van der Waals surface area contributed by atoms with Gasteiger partial charge in [-0.1, -0.05) is 107 Å². The van der Waals surface area contributed by atoms with Gasteiger partial charge in [-0.2, -0.15) is 5.26 Å². The smallest absolute Gasteiger partial charge is 0.334 e. The first-order valence-electron chi connectivity index (χ1n) is 16.5. The Labute approximate surface area is 282 Å². The molecular weight excluding hydrogens is 582 g/mol. The molecule has 0 spiro atoms. The van der Waals surface area contributed by atoms with E-state index < -0.39 is 28.6 Å². The summed E-state index contributed by atoms with van der Waals surface area (Å²) in [7, 11) is 0. The van der Waals surface area contributed by atoms with E-state index in [9.17, 15) is 14.9 Å². The Morgan fingerprint density at radius 3 is 1.30 bits per heavy atom. The summed E-state index contributed by atoms with van der Waals surface area (Å²) in [5.74, 6) is -0.286. The van der Waals surface area contributed by atoms with Crippen LogP contribution in [0.5, 0.6) is 0 Å². The number of rotatable bonds is 11. The zero-order chi connectivity index (χ0) is 35.0. The van der Waals surface area contributed by atoms with Gasteiger partial charge in [-0.25, -0.2) is 9.59 Å². The van der Waals surface area contributed by atoms with Crippen LogP contribution in [-0.2, 0) is 24.5 Å². The predicted molar refractivity (Wildman–Crippen MR) is 192 cm³/mol. The number of nitriles is 1. The van der Waals surface area contributed by atoms with E-state index in [1.807, 2.05) is 120 Å². The second-order valence-electron chi connectivity index (χ2n) is 14.9. The molecule has 3 rings (SSSR count). The number of hydrogen-bond acceptors (Lipinski definition) is 5. The molecule has 0 saturated carbocycles. The van der Waals surface area contributed by atoms with Crippen molar-refractivity contribution in [3.05, 3.63) is 118 Å². The monoisotopic (exact) mass is 633 g/mol. The van der Waals surface area contributed by atoms with Gasteiger partial charge < -0.3 is 9.47 Å². The van der Waals surface area contributed by atoms with Crippen molar-refractivity contribution in [3.63, 3.8) is 0 Å². The SMILES string of the molecule is CC(C)c1ccc(/C=C(\CC(C#N)(C/C(=C\c2ccc(C(C)C)cc2)C(=O)OC(C)(C)C)c2ccccc2)C(=O)OC(C)(C)C)cc1. The molecule has 0 N–H and O–H groups in total. The van der Waals surface area contributed by atoms with Crippen LogP contribution in [0.2, 0.25) is 0 Å². The van der Waals surface area contributed by atoms with Crippen molar-refractivity contribution in [1.29, 1.82) is 5.26 Å². The lowest BCUT2D eigenvalue weighted by molar-refractivity contribution is -0.150. The van der Waals surface area contributed by atoms with Crippen molar-refractivity contribution in [2.24, 2.45) is 0 Å². The standard InChI is InChI=1S/C42H51NO4/c1-29(2)33-20-16-31(17-21-33)24-35(38(44)46-40(5,6)7)26-42(28-43,37-14-12-11-13-15-37)27-36(39(45)47-41(8,9)10)25-32-18-22-34(23-19-32)30(3)4/h11-25,29-30H,26-27H2,1-10H3/b35-24+,36-25+. The lowest BCUT2D eigenvalue weighted by Gasteiger charge is -2.31. The third-order valence-corrected chi connectivity index (χ3v) is 7.74. The highest BCUT2D eigenvalue weighted by atomic mass is 16.6. The first kappa shape index (κ1) is 37.0. The van der Waals surface area contributed by atoms with E-state index in [0.29, 0.717) is 28.5 Å². The number of carbonyl (C=O) groups is 2. The van der Waals surface area contributed by atoms with E-state index in [4.69, 9.17) is 9.47 Å². The molecule has 0 atom stereocenters. The van der Waals surface area contributed by atoms with Crippen LogP contribution < -0.4 is 0 Å². The van der Waals surface area contributed by atoms with Crippen LogP contribution in [-0.4, -0.2) is 23.1 Å². The van der Waals surface area contributed by atoms with E-state index in [2.05, 4.69) is 33.8 Å².